The Hall–Kier alpha value is -2.51. The van der Waals surface area contributed by atoms with Gasteiger partial charge in [0.1, 0.15) is 0 Å². The number of aromatic nitrogens is 1. The van der Waals surface area contributed by atoms with Gasteiger partial charge in [-0.3, -0.25) is 4.98 Å². The van der Waals surface area contributed by atoms with Gasteiger partial charge in [-0.2, -0.15) is 0 Å². The highest BCUT2D eigenvalue weighted by Crippen LogP contribution is 2.27. The molecule has 0 amide bonds. The first-order chi connectivity index (χ1) is 12.8. The molecule has 0 unspecified atom stereocenters. The maximum absolute atomic E-state index is 9.55. The van der Waals surface area contributed by atoms with Crippen molar-refractivity contribution in [3.63, 3.8) is 0 Å². The fourth-order valence-corrected chi connectivity index (χ4v) is 2.56. The van der Waals surface area contributed by atoms with Crippen LogP contribution in [0.1, 0.15) is 23.6 Å². The van der Waals surface area contributed by atoms with Crippen molar-refractivity contribution >= 4 is 27.9 Å². The number of halogens is 1. The Kier molecular flexibility index (Phi) is 10.00. The maximum atomic E-state index is 9.55. The van der Waals surface area contributed by atoms with Gasteiger partial charge in [-0.15, -0.1) is 0 Å². The van der Waals surface area contributed by atoms with Crippen LogP contribution in [0.25, 0.3) is 0 Å². The Bertz CT molecular complexity index is 730. The van der Waals surface area contributed by atoms with Crippen LogP contribution in [0.2, 0.25) is 0 Å². The van der Waals surface area contributed by atoms with E-state index < -0.39 is 11.9 Å². The largest absolute Gasteiger partial charge is 0.478 e. The highest BCUT2D eigenvalue weighted by molar-refractivity contribution is 9.10. The number of hydrogen-bond acceptors (Lipinski definition) is 4. The fraction of sp³-hybridized carbons (Fsp3) is 0.250. The molecule has 7 heteroatoms. The molecule has 144 valence electrons. The zero-order valence-corrected chi connectivity index (χ0v) is 16.8. The molecule has 0 saturated heterocycles. The molecule has 0 aliphatic carbocycles. The van der Waals surface area contributed by atoms with Crippen LogP contribution in [0.5, 0.6) is 0 Å². The summed E-state index contributed by atoms with van der Waals surface area (Å²) in [7, 11) is 4.22. The van der Waals surface area contributed by atoms with E-state index in [1.165, 1.54) is 5.56 Å². The van der Waals surface area contributed by atoms with Crippen molar-refractivity contribution in [2.45, 2.75) is 12.3 Å². The van der Waals surface area contributed by atoms with Crippen LogP contribution in [0, 0.1) is 0 Å². The SMILES string of the molecule is CN(C)CC[C@@H](c1ccc(Br)cc1)c1ccccn1.O=C(O)/C=C/C(=O)O. The van der Waals surface area contributed by atoms with E-state index in [2.05, 4.69) is 76.3 Å². The van der Waals surface area contributed by atoms with Crippen molar-refractivity contribution in [1.82, 2.24) is 9.88 Å². The minimum atomic E-state index is -1.26. The number of benzene rings is 1. The van der Waals surface area contributed by atoms with E-state index in [1.54, 1.807) is 0 Å². The second kappa shape index (κ2) is 12.0. The minimum Gasteiger partial charge on any atom is -0.478 e. The maximum Gasteiger partial charge on any atom is 0.328 e. The molecule has 1 heterocycles. The molecule has 2 aromatic rings. The second-order valence-electron chi connectivity index (χ2n) is 5.96. The van der Waals surface area contributed by atoms with Gasteiger partial charge in [0.15, 0.2) is 0 Å². The third-order valence-corrected chi connectivity index (χ3v) is 4.08. The van der Waals surface area contributed by atoms with Crippen molar-refractivity contribution < 1.29 is 19.8 Å². The zero-order valence-electron chi connectivity index (χ0n) is 15.2. The lowest BCUT2D eigenvalue weighted by Gasteiger charge is -2.19. The van der Waals surface area contributed by atoms with Gasteiger partial charge in [0.05, 0.1) is 0 Å². The number of carboxylic acids is 2. The average Bonchev–Trinajstić information content (AvgIpc) is 2.63. The predicted molar refractivity (Wildman–Crippen MR) is 108 cm³/mol. The molecule has 0 radical (unpaired) electrons. The summed E-state index contributed by atoms with van der Waals surface area (Å²) < 4.78 is 1.11. The second-order valence-corrected chi connectivity index (χ2v) is 6.88. The first-order valence-electron chi connectivity index (χ1n) is 8.24. The number of pyridine rings is 1. The number of rotatable bonds is 7. The van der Waals surface area contributed by atoms with Crippen LogP contribution in [-0.4, -0.2) is 52.7 Å². The molecular formula is C20H23BrN2O4. The summed E-state index contributed by atoms with van der Waals surface area (Å²) >= 11 is 3.49. The summed E-state index contributed by atoms with van der Waals surface area (Å²) in [5.74, 6) is -2.16. The van der Waals surface area contributed by atoms with Gasteiger partial charge >= 0.3 is 11.9 Å². The van der Waals surface area contributed by atoms with Crippen LogP contribution in [0.3, 0.4) is 0 Å². The molecule has 0 bridgehead atoms. The van der Waals surface area contributed by atoms with Crippen LogP contribution < -0.4 is 0 Å². The average molecular weight is 435 g/mol. The number of aliphatic carboxylic acids is 2. The topological polar surface area (TPSA) is 90.7 Å². The first-order valence-corrected chi connectivity index (χ1v) is 9.04. The van der Waals surface area contributed by atoms with Crippen LogP contribution in [0.4, 0.5) is 0 Å². The van der Waals surface area contributed by atoms with E-state index in [9.17, 15) is 9.59 Å². The molecule has 2 N–H and O–H groups in total. The van der Waals surface area contributed by atoms with E-state index in [1.807, 2.05) is 12.3 Å². The Morgan fingerprint density at radius 3 is 2.11 bits per heavy atom. The molecule has 1 atom stereocenters. The third kappa shape index (κ3) is 9.67. The summed E-state index contributed by atoms with van der Waals surface area (Å²) in [5.41, 5.74) is 2.47. The number of hydrogen-bond donors (Lipinski definition) is 2. The highest BCUT2D eigenvalue weighted by atomic mass is 79.9. The van der Waals surface area contributed by atoms with Crippen molar-refractivity contribution in [1.29, 1.82) is 0 Å². The number of carboxylic acid groups (broad SMARTS) is 2. The summed E-state index contributed by atoms with van der Waals surface area (Å²) in [4.78, 5) is 25.8. The van der Waals surface area contributed by atoms with E-state index in [-0.39, 0.29) is 0 Å². The molecule has 27 heavy (non-hydrogen) atoms. The molecule has 2 rings (SSSR count). The molecule has 1 aromatic heterocycles. The summed E-state index contributed by atoms with van der Waals surface area (Å²) in [5, 5.41) is 15.6. The van der Waals surface area contributed by atoms with Crippen LogP contribution in [0.15, 0.2) is 65.3 Å². The van der Waals surface area contributed by atoms with E-state index in [0.717, 1.165) is 23.1 Å². The van der Waals surface area contributed by atoms with Crippen molar-refractivity contribution in [2.24, 2.45) is 0 Å². The molecule has 1 aromatic carbocycles. The lowest BCUT2D eigenvalue weighted by atomic mass is 9.92. The summed E-state index contributed by atoms with van der Waals surface area (Å²) in [6, 6.07) is 14.7. The molecule has 0 saturated carbocycles. The van der Waals surface area contributed by atoms with Gasteiger partial charge < -0.3 is 15.1 Å². The normalized spacial score (nSPS) is 11.7. The van der Waals surface area contributed by atoms with E-state index >= 15 is 0 Å². The molecule has 0 fully saturated rings. The van der Waals surface area contributed by atoms with Gasteiger partial charge in [0.2, 0.25) is 0 Å². The van der Waals surface area contributed by atoms with Gasteiger partial charge in [-0.1, -0.05) is 34.1 Å². The summed E-state index contributed by atoms with van der Waals surface area (Å²) in [6.45, 7) is 1.05. The monoisotopic (exact) mass is 434 g/mol. The van der Waals surface area contributed by atoms with Crippen molar-refractivity contribution in [3.8, 4) is 0 Å². The predicted octanol–water partition coefficient (Wildman–Crippen LogP) is 3.64. The van der Waals surface area contributed by atoms with E-state index in [4.69, 9.17) is 10.2 Å². The summed E-state index contributed by atoms with van der Waals surface area (Å²) in [6.07, 6.45) is 4.06. The van der Waals surface area contributed by atoms with Crippen LogP contribution in [-0.2, 0) is 9.59 Å². The first kappa shape index (κ1) is 22.5. The Morgan fingerprint density at radius 2 is 1.67 bits per heavy atom. The highest BCUT2D eigenvalue weighted by Gasteiger charge is 2.15. The fourth-order valence-electron chi connectivity index (χ4n) is 2.29. The Labute approximate surface area is 167 Å². The van der Waals surface area contributed by atoms with Gasteiger partial charge in [-0.25, -0.2) is 9.59 Å². The van der Waals surface area contributed by atoms with Crippen molar-refractivity contribution in [2.75, 3.05) is 20.6 Å². The molecule has 0 aliphatic rings. The quantitative estimate of drug-likeness (QED) is 0.646. The van der Waals surface area contributed by atoms with Gasteiger partial charge in [0.25, 0.3) is 0 Å². The van der Waals surface area contributed by atoms with Crippen molar-refractivity contribution in [3.05, 3.63) is 76.5 Å². The molecular weight excluding hydrogens is 412 g/mol. The lowest BCUT2D eigenvalue weighted by molar-refractivity contribution is -0.134. The molecule has 6 nitrogen and oxygen atoms in total. The van der Waals surface area contributed by atoms with Gasteiger partial charge in [-0.05, 0) is 56.9 Å². The molecule has 0 spiro atoms. The minimum absolute atomic E-state index is 0.358. The number of nitrogens with zero attached hydrogens (tertiary/aromatic N) is 2. The standard InChI is InChI=1S/C16H19BrN2.C4H4O4/c1-19(2)12-10-15(16-5-3-4-11-18-16)13-6-8-14(17)9-7-13;5-3(6)1-2-4(7)8/h3-9,11,15H,10,12H2,1-2H3;1-2H,(H,5,6)(H,7,8)/b;2-1+/t15-;/m0./s1. The third-order valence-electron chi connectivity index (χ3n) is 3.55. The van der Waals surface area contributed by atoms with Gasteiger partial charge in [0, 0.05) is 34.4 Å². The lowest BCUT2D eigenvalue weighted by Crippen LogP contribution is -2.17. The smallest absolute Gasteiger partial charge is 0.328 e. The zero-order chi connectivity index (χ0) is 20.2. The Balaban J connectivity index is 0.000000387. The number of carbonyl (C=O) groups is 2. The van der Waals surface area contributed by atoms with Crippen LogP contribution >= 0.6 is 15.9 Å². The Morgan fingerprint density at radius 1 is 1.07 bits per heavy atom. The van der Waals surface area contributed by atoms with E-state index in [0.29, 0.717) is 18.1 Å². The molecule has 0 aliphatic heterocycles.